The summed E-state index contributed by atoms with van der Waals surface area (Å²) in [5, 5.41) is 5.04. The smallest absolute Gasteiger partial charge is 0.251 e. The van der Waals surface area contributed by atoms with E-state index in [4.69, 9.17) is 0 Å². The minimum Gasteiger partial charge on any atom is -0.350 e. The van der Waals surface area contributed by atoms with Crippen molar-refractivity contribution in [2.24, 2.45) is 0 Å². The summed E-state index contributed by atoms with van der Waals surface area (Å²) < 4.78 is 13.1. The van der Waals surface area contributed by atoms with Crippen molar-refractivity contribution in [1.29, 1.82) is 0 Å². The monoisotopic (exact) mass is 318 g/mol. The molecule has 1 N–H and O–H groups in total. The molecule has 0 bridgehead atoms. The van der Waals surface area contributed by atoms with E-state index in [1.807, 2.05) is 11.3 Å². The lowest BCUT2D eigenvalue weighted by molar-refractivity contribution is 0.0932. The fraction of sp³-hybridized carbons (Fsp3) is 0.353. The topological polar surface area (TPSA) is 32.3 Å². The molecular formula is C17H19FN2OS. The van der Waals surface area contributed by atoms with Gasteiger partial charge in [-0.25, -0.2) is 4.39 Å². The number of rotatable bonds is 4. The molecule has 116 valence electrons. The number of fused-ring (bicyclic) bond motifs is 1. The van der Waals surface area contributed by atoms with Crippen LogP contribution < -0.4 is 5.32 Å². The van der Waals surface area contributed by atoms with Gasteiger partial charge in [0.05, 0.1) is 0 Å². The molecule has 1 aliphatic heterocycles. The van der Waals surface area contributed by atoms with Crippen LogP contribution in [0.2, 0.25) is 0 Å². The summed E-state index contributed by atoms with van der Waals surface area (Å²) in [6.07, 6.45) is 1.08. The van der Waals surface area contributed by atoms with E-state index in [9.17, 15) is 9.18 Å². The van der Waals surface area contributed by atoms with Crippen LogP contribution in [0.25, 0.3) is 0 Å². The van der Waals surface area contributed by atoms with Crippen LogP contribution in [0.1, 0.15) is 27.7 Å². The van der Waals surface area contributed by atoms with Gasteiger partial charge in [0.15, 0.2) is 0 Å². The van der Waals surface area contributed by atoms with Gasteiger partial charge in [0, 0.05) is 36.1 Å². The number of carbonyl (C=O) groups excluding carboxylic acids is 1. The highest BCUT2D eigenvalue weighted by Crippen LogP contribution is 2.24. The summed E-state index contributed by atoms with van der Waals surface area (Å²) in [5.41, 5.74) is 1.77. The number of hydrogen-bond acceptors (Lipinski definition) is 3. The number of halogens is 1. The summed E-state index contributed by atoms with van der Waals surface area (Å²) in [4.78, 5) is 15.9. The maximum atomic E-state index is 13.1. The van der Waals surface area contributed by atoms with Gasteiger partial charge >= 0.3 is 0 Å². The van der Waals surface area contributed by atoms with Gasteiger partial charge in [-0.2, -0.15) is 0 Å². The van der Waals surface area contributed by atoms with Crippen LogP contribution >= 0.6 is 11.3 Å². The first-order valence-electron chi connectivity index (χ1n) is 7.46. The molecule has 2 aromatic rings. The summed E-state index contributed by atoms with van der Waals surface area (Å²) >= 11 is 1.82. The number of nitrogens with one attached hydrogen (secondary N) is 1. The van der Waals surface area contributed by atoms with Crippen molar-refractivity contribution in [3.05, 3.63) is 57.5 Å². The molecule has 0 radical (unpaired) electrons. The van der Waals surface area contributed by atoms with Crippen LogP contribution in [0.4, 0.5) is 4.39 Å². The molecule has 0 aliphatic carbocycles. The van der Waals surface area contributed by atoms with Gasteiger partial charge in [0.2, 0.25) is 0 Å². The molecule has 2 heterocycles. The Morgan fingerprint density at radius 3 is 3.14 bits per heavy atom. The van der Waals surface area contributed by atoms with E-state index in [-0.39, 0.29) is 17.8 Å². The van der Waals surface area contributed by atoms with Crippen LogP contribution in [0.5, 0.6) is 0 Å². The molecule has 0 fully saturated rings. The predicted octanol–water partition coefficient (Wildman–Crippen LogP) is 3.06. The zero-order valence-electron chi connectivity index (χ0n) is 12.5. The summed E-state index contributed by atoms with van der Waals surface area (Å²) in [6.45, 7) is 4.64. The van der Waals surface area contributed by atoms with Crippen molar-refractivity contribution in [3.63, 3.8) is 0 Å². The Hall–Kier alpha value is -1.72. The Kier molecular flexibility index (Phi) is 4.55. The third-order valence-corrected chi connectivity index (χ3v) is 5.13. The Balaban J connectivity index is 1.54. The fourth-order valence-electron chi connectivity index (χ4n) is 2.75. The van der Waals surface area contributed by atoms with Crippen molar-refractivity contribution in [1.82, 2.24) is 10.2 Å². The first-order valence-corrected chi connectivity index (χ1v) is 8.34. The molecule has 1 atom stereocenters. The second-order valence-corrected chi connectivity index (χ2v) is 6.66. The van der Waals surface area contributed by atoms with Crippen molar-refractivity contribution in [2.75, 3.05) is 13.1 Å². The number of amides is 1. The maximum Gasteiger partial charge on any atom is 0.251 e. The van der Waals surface area contributed by atoms with E-state index < -0.39 is 0 Å². The van der Waals surface area contributed by atoms with Crippen LogP contribution in [-0.2, 0) is 13.0 Å². The number of carbonyl (C=O) groups is 1. The van der Waals surface area contributed by atoms with Crippen LogP contribution in [0, 0.1) is 5.82 Å². The Morgan fingerprint density at radius 2 is 2.32 bits per heavy atom. The quantitative estimate of drug-likeness (QED) is 0.940. The lowest BCUT2D eigenvalue weighted by Crippen LogP contribution is -2.44. The molecule has 1 aromatic heterocycles. The third kappa shape index (κ3) is 3.36. The average molecular weight is 318 g/mol. The highest BCUT2D eigenvalue weighted by atomic mass is 32.1. The van der Waals surface area contributed by atoms with E-state index in [0.717, 1.165) is 19.5 Å². The molecule has 0 spiro atoms. The number of benzene rings is 1. The van der Waals surface area contributed by atoms with Gasteiger partial charge in [-0.05, 0) is 48.6 Å². The normalized spacial score (nSPS) is 16.1. The zero-order valence-corrected chi connectivity index (χ0v) is 13.3. The van der Waals surface area contributed by atoms with Gasteiger partial charge in [0.25, 0.3) is 5.91 Å². The van der Waals surface area contributed by atoms with E-state index in [1.165, 1.54) is 22.6 Å². The van der Waals surface area contributed by atoms with Gasteiger partial charge in [-0.15, -0.1) is 11.3 Å². The minimum atomic E-state index is -0.387. The van der Waals surface area contributed by atoms with Crippen LogP contribution in [0.15, 0.2) is 35.7 Å². The standard InChI is InChI=1S/C17H19FN2OS/c1-12(20-7-5-16-14(11-20)6-8-22-16)10-19-17(21)13-3-2-4-15(18)9-13/h2-4,6,8-9,12H,5,7,10-11H2,1H3,(H,19,21). The number of nitrogens with zero attached hydrogens (tertiary/aromatic N) is 1. The molecule has 1 aliphatic rings. The molecule has 1 amide bonds. The molecule has 1 aromatic carbocycles. The highest BCUT2D eigenvalue weighted by Gasteiger charge is 2.21. The van der Waals surface area contributed by atoms with Crippen LogP contribution in [0.3, 0.4) is 0 Å². The molecule has 22 heavy (non-hydrogen) atoms. The predicted molar refractivity (Wildman–Crippen MR) is 86.6 cm³/mol. The van der Waals surface area contributed by atoms with Gasteiger partial charge in [-0.1, -0.05) is 6.07 Å². The SMILES string of the molecule is CC(CNC(=O)c1cccc(F)c1)N1CCc2sccc2C1. The molecular weight excluding hydrogens is 299 g/mol. The average Bonchev–Trinajstić information content (AvgIpc) is 2.99. The summed E-state index contributed by atoms with van der Waals surface area (Å²) in [5.74, 6) is -0.610. The third-order valence-electron chi connectivity index (χ3n) is 4.11. The summed E-state index contributed by atoms with van der Waals surface area (Å²) in [7, 11) is 0. The number of hydrogen-bond donors (Lipinski definition) is 1. The maximum absolute atomic E-state index is 13.1. The Labute approximate surface area is 133 Å². The number of thiophene rings is 1. The van der Waals surface area contributed by atoms with Crippen molar-refractivity contribution >= 4 is 17.2 Å². The molecule has 3 nitrogen and oxygen atoms in total. The van der Waals surface area contributed by atoms with Crippen molar-refractivity contribution in [3.8, 4) is 0 Å². The molecule has 1 unspecified atom stereocenters. The van der Waals surface area contributed by atoms with Crippen molar-refractivity contribution in [2.45, 2.75) is 25.9 Å². The van der Waals surface area contributed by atoms with Gasteiger partial charge in [-0.3, -0.25) is 9.69 Å². The van der Waals surface area contributed by atoms with Gasteiger partial charge < -0.3 is 5.32 Å². The second kappa shape index (κ2) is 6.58. The van der Waals surface area contributed by atoms with Gasteiger partial charge in [0.1, 0.15) is 5.82 Å². The fourth-order valence-corrected chi connectivity index (χ4v) is 3.64. The lowest BCUT2D eigenvalue weighted by atomic mass is 10.1. The van der Waals surface area contributed by atoms with E-state index in [0.29, 0.717) is 12.1 Å². The van der Waals surface area contributed by atoms with Crippen molar-refractivity contribution < 1.29 is 9.18 Å². The Bertz CT molecular complexity index is 670. The highest BCUT2D eigenvalue weighted by molar-refractivity contribution is 7.10. The van der Waals surface area contributed by atoms with E-state index in [1.54, 1.807) is 12.1 Å². The first kappa shape index (κ1) is 15.2. The Morgan fingerprint density at radius 1 is 1.45 bits per heavy atom. The largest absolute Gasteiger partial charge is 0.350 e. The lowest BCUT2D eigenvalue weighted by Gasteiger charge is -2.32. The minimum absolute atomic E-state index is 0.223. The first-order chi connectivity index (χ1) is 10.6. The molecule has 0 saturated heterocycles. The van der Waals surface area contributed by atoms with Crippen LogP contribution in [-0.4, -0.2) is 29.9 Å². The van der Waals surface area contributed by atoms with E-state index >= 15 is 0 Å². The second-order valence-electron chi connectivity index (χ2n) is 5.66. The summed E-state index contributed by atoms with van der Waals surface area (Å²) in [6, 6.07) is 8.22. The van der Waals surface area contributed by atoms with E-state index in [2.05, 4.69) is 28.6 Å². The molecule has 0 saturated carbocycles. The zero-order chi connectivity index (χ0) is 15.5. The molecule has 5 heteroatoms. The molecule has 3 rings (SSSR count).